The summed E-state index contributed by atoms with van der Waals surface area (Å²) in [6, 6.07) is 0. The van der Waals surface area contributed by atoms with Gasteiger partial charge in [-0.3, -0.25) is 0 Å². The number of halogens is 1. The van der Waals surface area contributed by atoms with Gasteiger partial charge in [0.1, 0.15) is 14.6 Å². The average molecular weight is 333 g/mol. The van der Waals surface area contributed by atoms with Crippen LogP contribution in [0.15, 0.2) is 0 Å². The third kappa shape index (κ3) is 6.45. The number of hydrogen-bond donors (Lipinski definition) is 0. The molecule has 0 rings (SSSR count). The standard InChI is InChI=1S/C20H41B3F/c1-14(2)22-20(11,12)18(7,8)13-17(5,6)15(3)21-16(4)19(9,10)23-24/h14-16H,13H2,1-12H3. The molecule has 0 spiro atoms. The van der Waals surface area contributed by atoms with Gasteiger partial charge >= 0.3 is 7.56 Å². The Labute approximate surface area is 155 Å². The lowest BCUT2D eigenvalue weighted by Crippen LogP contribution is -2.39. The van der Waals surface area contributed by atoms with E-state index >= 15 is 0 Å². The Kier molecular flexibility index (Phi) is 8.26. The van der Waals surface area contributed by atoms with Crippen LogP contribution in [0, 0.1) is 10.8 Å². The van der Waals surface area contributed by atoms with Gasteiger partial charge in [-0.15, -0.1) is 0 Å². The SMILES string of the molecule is CC(C)[B]C(C)(C)C(C)(C)CC(C)(C)C(C)[B]C(C)C(C)(C)[B]F. The van der Waals surface area contributed by atoms with Crippen LogP contribution < -0.4 is 0 Å². The molecule has 0 aromatic heterocycles. The fraction of sp³-hybridized carbons (Fsp3) is 1.00. The highest BCUT2D eigenvalue weighted by Gasteiger charge is 2.43. The largest absolute Gasteiger partial charge is 0.360 e. The van der Waals surface area contributed by atoms with Crippen LogP contribution in [-0.4, -0.2) is 22.1 Å². The second-order valence-corrected chi connectivity index (χ2v) is 10.9. The third-order valence-corrected chi connectivity index (χ3v) is 6.66. The molecule has 2 atom stereocenters. The molecule has 4 heteroatoms. The van der Waals surface area contributed by atoms with E-state index in [0.717, 1.165) is 14.0 Å². The van der Waals surface area contributed by atoms with Gasteiger partial charge in [0.2, 0.25) is 0 Å². The first kappa shape index (κ1) is 24.1. The topological polar surface area (TPSA) is 0 Å². The molecule has 137 valence electrons. The first-order valence-corrected chi connectivity index (χ1v) is 9.64. The molecular weight excluding hydrogens is 292 g/mol. The van der Waals surface area contributed by atoms with Crippen molar-refractivity contribution >= 4 is 22.1 Å². The van der Waals surface area contributed by atoms with Crippen molar-refractivity contribution in [2.45, 2.75) is 118 Å². The molecule has 0 heterocycles. The predicted molar refractivity (Wildman–Crippen MR) is 113 cm³/mol. The van der Waals surface area contributed by atoms with Crippen molar-refractivity contribution < 1.29 is 4.32 Å². The van der Waals surface area contributed by atoms with Gasteiger partial charge in [0.05, 0.1) is 0 Å². The van der Waals surface area contributed by atoms with E-state index in [1.165, 1.54) is 0 Å². The van der Waals surface area contributed by atoms with Gasteiger partial charge in [-0.2, -0.15) is 0 Å². The summed E-state index contributed by atoms with van der Waals surface area (Å²) < 4.78 is 13.2. The maximum atomic E-state index is 13.2. The minimum Gasteiger partial charge on any atom is -0.342 e. The molecule has 2 unspecified atom stereocenters. The lowest BCUT2D eigenvalue weighted by Gasteiger charge is -2.49. The fourth-order valence-corrected chi connectivity index (χ4v) is 3.63. The van der Waals surface area contributed by atoms with E-state index in [1.54, 1.807) is 0 Å². The summed E-state index contributed by atoms with van der Waals surface area (Å²) in [5.41, 5.74) is 0.375. The molecule has 0 aliphatic rings. The Bertz CT molecular complexity index is 386. The highest BCUT2D eigenvalue weighted by atomic mass is 19.1. The molecule has 0 aromatic carbocycles. The zero-order valence-electron chi connectivity index (χ0n) is 18.5. The molecular formula is C20H41B3F. The van der Waals surface area contributed by atoms with E-state index in [0.29, 0.717) is 11.6 Å². The Morgan fingerprint density at radius 2 is 1.25 bits per heavy atom. The second kappa shape index (κ2) is 8.21. The average Bonchev–Trinajstić information content (AvgIpc) is 2.35. The Morgan fingerprint density at radius 3 is 1.62 bits per heavy atom. The first-order chi connectivity index (χ1) is 10.5. The van der Waals surface area contributed by atoms with Crippen LogP contribution in [0.25, 0.3) is 0 Å². The Balaban J connectivity index is 5.11. The maximum Gasteiger partial charge on any atom is 0.360 e. The van der Waals surface area contributed by atoms with Crippen molar-refractivity contribution in [2.75, 3.05) is 0 Å². The van der Waals surface area contributed by atoms with Crippen molar-refractivity contribution in [1.29, 1.82) is 0 Å². The van der Waals surface area contributed by atoms with Crippen LogP contribution in [0.5, 0.6) is 0 Å². The fourth-order valence-electron chi connectivity index (χ4n) is 3.63. The van der Waals surface area contributed by atoms with Gasteiger partial charge in [0, 0.05) is 0 Å². The first-order valence-electron chi connectivity index (χ1n) is 9.64. The quantitative estimate of drug-likeness (QED) is 0.369. The molecule has 3 radical (unpaired) electrons. The predicted octanol–water partition coefficient (Wildman–Crippen LogP) is 7.27. The van der Waals surface area contributed by atoms with Crippen molar-refractivity contribution in [3.8, 4) is 0 Å². The van der Waals surface area contributed by atoms with Crippen molar-refractivity contribution in [2.24, 2.45) is 10.8 Å². The van der Waals surface area contributed by atoms with Gasteiger partial charge in [-0.25, -0.2) is 0 Å². The molecule has 0 amide bonds. The highest BCUT2D eigenvalue weighted by Crippen LogP contribution is 2.55. The molecule has 24 heavy (non-hydrogen) atoms. The van der Waals surface area contributed by atoms with Crippen LogP contribution in [0.3, 0.4) is 0 Å². The minimum atomic E-state index is -0.398. The van der Waals surface area contributed by atoms with Gasteiger partial charge in [0.15, 0.2) is 0 Å². The van der Waals surface area contributed by atoms with Crippen LogP contribution in [0.1, 0.15) is 89.5 Å². The molecule has 0 fully saturated rings. The summed E-state index contributed by atoms with van der Waals surface area (Å²) in [6.45, 7) is 27.1. The summed E-state index contributed by atoms with van der Waals surface area (Å²) in [5.74, 6) is 1.24. The molecule has 0 N–H and O–H groups in total. The highest BCUT2D eigenvalue weighted by molar-refractivity contribution is 6.45. The normalized spacial score (nSPS) is 16.8. The summed E-state index contributed by atoms with van der Waals surface area (Å²) >= 11 is 0. The van der Waals surface area contributed by atoms with E-state index in [4.69, 9.17) is 0 Å². The summed E-state index contributed by atoms with van der Waals surface area (Å²) in [7, 11) is 5.69. The van der Waals surface area contributed by atoms with Crippen LogP contribution in [-0.2, 0) is 0 Å². The zero-order valence-corrected chi connectivity index (χ0v) is 18.5. The molecule has 0 saturated carbocycles. The van der Waals surface area contributed by atoms with E-state index in [-0.39, 0.29) is 22.0 Å². The number of hydrogen-bond acceptors (Lipinski definition) is 0. The van der Waals surface area contributed by atoms with Gasteiger partial charge in [0.25, 0.3) is 0 Å². The smallest absolute Gasteiger partial charge is 0.342 e. The summed E-state index contributed by atoms with van der Waals surface area (Å²) in [5, 5.41) is -0.222. The van der Waals surface area contributed by atoms with Crippen LogP contribution in [0.4, 0.5) is 4.32 Å². The van der Waals surface area contributed by atoms with Crippen molar-refractivity contribution in [3.05, 3.63) is 0 Å². The van der Waals surface area contributed by atoms with Crippen molar-refractivity contribution in [3.63, 3.8) is 0 Å². The lowest BCUT2D eigenvalue weighted by molar-refractivity contribution is 0.143. The van der Waals surface area contributed by atoms with E-state index in [1.807, 2.05) is 13.8 Å². The molecule has 0 saturated heterocycles. The molecule has 0 aromatic rings. The minimum absolute atomic E-state index is 0.173. The number of rotatable bonds is 10. The van der Waals surface area contributed by atoms with Gasteiger partial charge < -0.3 is 4.32 Å². The van der Waals surface area contributed by atoms with Gasteiger partial charge in [-0.05, 0) is 22.6 Å². The monoisotopic (exact) mass is 333 g/mol. The Hall–Kier alpha value is 0.125. The van der Waals surface area contributed by atoms with Crippen LogP contribution >= 0.6 is 0 Å². The maximum absolute atomic E-state index is 13.2. The van der Waals surface area contributed by atoms with Crippen molar-refractivity contribution in [1.82, 2.24) is 0 Å². The molecule has 0 aliphatic carbocycles. The molecule has 0 aliphatic heterocycles. The van der Waals surface area contributed by atoms with Gasteiger partial charge in [-0.1, -0.05) is 106 Å². The van der Waals surface area contributed by atoms with E-state index < -0.39 is 5.31 Å². The summed E-state index contributed by atoms with van der Waals surface area (Å²) in [6.07, 6.45) is 1.14. The third-order valence-electron chi connectivity index (χ3n) is 6.66. The second-order valence-electron chi connectivity index (χ2n) is 10.9. The van der Waals surface area contributed by atoms with E-state index in [2.05, 4.69) is 83.8 Å². The zero-order chi connectivity index (χ0) is 19.6. The van der Waals surface area contributed by atoms with Crippen LogP contribution in [0.2, 0.25) is 28.1 Å². The lowest BCUT2D eigenvalue weighted by atomic mass is 9.36. The summed E-state index contributed by atoms with van der Waals surface area (Å²) in [4.78, 5) is 0. The Morgan fingerprint density at radius 1 is 0.792 bits per heavy atom. The molecule has 0 nitrogen and oxygen atoms in total. The molecule has 0 bridgehead atoms. The van der Waals surface area contributed by atoms with E-state index in [9.17, 15) is 4.32 Å².